The molecule has 11 heteroatoms. The molecule has 4 aromatic rings. The molecular weight excluding hydrogens is 551 g/mol. The highest BCUT2D eigenvalue weighted by Crippen LogP contribution is 2.54. The molecule has 1 aliphatic rings. The number of aromatic nitrogens is 1. The highest BCUT2D eigenvalue weighted by atomic mass is 35.5. The van der Waals surface area contributed by atoms with Crippen molar-refractivity contribution in [3.05, 3.63) is 114 Å². The van der Waals surface area contributed by atoms with Gasteiger partial charge in [-0.1, -0.05) is 42.5 Å². The van der Waals surface area contributed by atoms with Crippen LogP contribution < -0.4 is 20.1 Å². The second-order valence-corrected chi connectivity index (χ2v) is 11.1. The van der Waals surface area contributed by atoms with Crippen LogP contribution in [-0.4, -0.2) is 34.5 Å². The molecule has 40 heavy (non-hydrogen) atoms. The first kappa shape index (κ1) is 28.7. The van der Waals surface area contributed by atoms with E-state index in [9.17, 15) is 14.2 Å². The van der Waals surface area contributed by atoms with E-state index in [1.54, 1.807) is 79.0 Å². The fourth-order valence-electron chi connectivity index (χ4n) is 4.24. The predicted molar refractivity (Wildman–Crippen MR) is 156 cm³/mol. The normalized spacial score (nSPS) is 13.3. The smallest absolute Gasteiger partial charge is 0.415 e. The Bertz CT molecular complexity index is 1490. The topological polar surface area (TPSA) is 124 Å². The van der Waals surface area contributed by atoms with Crippen molar-refractivity contribution < 1.29 is 23.2 Å². The van der Waals surface area contributed by atoms with Crippen LogP contribution in [0.25, 0.3) is 0 Å². The molecule has 0 fully saturated rings. The fraction of sp³-hybridized carbons (Fsp3) is 0.138. The second-order valence-electron chi connectivity index (χ2n) is 9.07. The summed E-state index contributed by atoms with van der Waals surface area (Å²) in [5.74, 6) is -0.435. The van der Waals surface area contributed by atoms with Crippen molar-refractivity contribution in [2.45, 2.75) is 18.6 Å². The van der Waals surface area contributed by atoms with Gasteiger partial charge in [-0.05, 0) is 66.9 Å². The molecule has 1 unspecified atom stereocenters. The summed E-state index contributed by atoms with van der Waals surface area (Å²) < 4.78 is 26.9. The number of imide groups is 1. The number of amides is 2. The molecule has 3 aromatic carbocycles. The predicted octanol–water partition coefficient (Wildman–Crippen LogP) is 6.03. The van der Waals surface area contributed by atoms with Crippen molar-refractivity contribution in [3.63, 3.8) is 0 Å². The van der Waals surface area contributed by atoms with Crippen LogP contribution >= 0.6 is 20.0 Å². The Morgan fingerprint density at radius 1 is 0.875 bits per heavy atom. The first-order valence-corrected chi connectivity index (χ1v) is 14.0. The average molecular weight is 579 g/mol. The maximum absolute atomic E-state index is 14.7. The lowest BCUT2D eigenvalue weighted by Crippen LogP contribution is -2.26. The van der Waals surface area contributed by atoms with E-state index < -0.39 is 19.3 Å². The number of nitrogens with one attached hydrogen (secondary N) is 1. The van der Waals surface area contributed by atoms with Crippen LogP contribution in [0.4, 0.5) is 11.5 Å². The number of carbonyl (C=O) groups excluding carboxylic acids is 2. The van der Waals surface area contributed by atoms with E-state index >= 15 is 0 Å². The lowest BCUT2D eigenvalue weighted by Gasteiger charge is -2.29. The van der Waals surface area contributed by atoms with Gasteiger partial charge in [-0.25, -0.2) is 9.55 Å². The van der Waals surface area contributed by atoms with Gasteiger partial charge in [0.15, 0.2) is 5.78 Å². The van der Waals surface area contributed by atoms with Gasteiger partial charge in [0.25, 0.3) is 11.8 Å². The molecule has 1 aliphatic heterocycles. The number of hydrogen-bond donors (Lipinski definition) is 2. The molecule has 0 bridgehead atoms. The van der Waals surface area contributed by atoms with Gasteiger partial charge in [0, 0.05) is 18.9 Å². The van der Waals surface area contributed by atoms with E-state index in [0.29, 0.717) is 41.4 Å². The Balaban J connectivity index is 0.00000370. The molecule has 206 valence electrons. The van der Waals surface area contributed by atoms with Gasteiger partial charge < -0.3 is 20.1 Å². The molecule has 1 atom stereocenters. The number of nitrogen functional groups attached to an aromatic ring is 1. The van der Waals surface area contributed by atoms with E-state index in [-0.39, 0.29) is 23.9 Å². The van der Waals surface area contributed by atoms with E-state index in [1.807, 2.05) is 18.2 Å². The Labute approximate surface area is 238 Å². The maximum Gasteiger partial charge on any atom is 0.452 e. The number of benzene rings is 3. The van der Waals surface area contributed by atoms with Crippen molar-refractivity contribution in [1.82, 2.24) is 9.88 Å². The summed E-state index contributed by atoms with van der Waals surface area (Å²) in [6.45, 7) is 0. The molecule has 1 aromatic heterocycles. The second kappa shape index (κ2) is 12.2. The lowest BCUT2D eigenvalue weighted by atomic mass is 10.1. The minimum atomic E-state index is -3.96. The SMILES string of the molecule is CN1C(=O)c2ccc(NC(CCc3ccc(N)nc3)P(=O)(Oc3ccccc3)Oc3ccccc3)cc2C1=O.Cl. The molecule has 0 radical (unpaired) electrons. The molecule has 5 rings (SSSR count). The van der Waals surface area contributed by atoms with Crippen LogP contribution in [0.2, 0.25) is 0 Å². The van der Waals surface area contributed by atoms with E-state index in [1.165, 1.54) is 7.05 Å². The Kier molecular flexibility index (Phi) is 8.77. The van der Waals surface area contributed by atoms with Gasteiger partial charge in [-0.15, -0.1) is 12.4 Å². The van der Waals surface area contributed by atoms with E-state index in [2.05, 4.69) is 10.3 Å². The standard InChI is InChI=1S/C29H27N4O5P.ClH/c1-33-28(34)24-15-14-21(18-25(24)29(33)35)32-27(17-13-20-12-16-26(30)31-19-20)39(36,37-22-8-4-2-5-9-22)38-23-10-6-3-7-11-23;/h2-12,14-16,18-19,27,32H,13,17H2,1H3,(H2,30,31);1H. The van der Waals surface area contributed by atoms with Gasteiger partial charge >= 0.3 is 7.60 Å². The minimum Gasteiger partial charge on any atom is -0.415 e. The molecular formula is C29H28ClN4O5P. The molecule has 0 saturated carbocycles. The number of rotatable bonds is 10. The zero-order chi connectivity index (χ0) is 27.4. The number of anilines is 2. The van der Waals surface area contributed by atoms with E-state index in [0.717, 1.165) is 10.5 Å². The highest BCUT2D eigenvalue weighted by molar-refractivity contribution is 7.55. The maximum atomic E-state index is 14.7. The number of nitrogens with two attached hydrogens (primary N) is 1. The van der Waals surface area contributed by atoms with Crippen molar-refractivity contribution >= 4 is 43.3 Å². The van der Waals surface area contributed by atoms with Crippen LogP contribution in [0, 0.1) is 0 Å². The van der Waals surface area contributed by atoms with Crippen LogP contribution in [0.1, 0.15) is 32.7 Å². The third kappa shape index (κ3) is 6.28. The van der Waals surface area contributed by atoms with E-state index in [4.69, 9.17) is 14.8 Å². The number of nitrogens with zero attached hydrogens (tertiary/aromatic N) is 2. The first-order chi connectivity index (χ1) is 18.8. The molecule has 2 amide bonds. The molecule has 3 N–H and O–H groups in total. The van der Waals surface area contributed by atoms with Crippen molar-refractivity contribution in [3.8, 4) is 11.5 Å². The average Bonchev–Trinajstić information content (AvgIpc) is 3.16. The molecule has 0 saturated heterocycles. The van der Waals surface area contributed by atoms with Crippen LogP contribution in [-0.2, 0) is 11.0 Å². The largest absolute Gasteiger partial charge is 0.452 e. The Morgan fingerprint density at radius 3 is 2.05 bits per heavy atom. The van der Waals surface area contributed by atoms with Crippen LogP contribution in [0.15, 0.2) is 97.2 Å². The number of aryl methyl sites for hydroxylation is 1. The Morgan fingerprint density at radius 2 is 1.48 bits per heavy atom. The summed E-state index contributed by atoms with van der Waals surface area (Å²) in [5, 5.41) is 3.28. The third-order valence-corrected chi connectivity index (χ3v) is 8.39. The first-order valence-electron chi connectivity index (χ1n) is 12.3. The molecule has 2 heterocycles. The van der Waals surface area contributed by atoms with Crippen LogP contribution in [0.5, 0.6) is 11.5 Å². The fourth-order valence-corrected chi connectivity index (χ4v) is 6.12. The third-order valence-electron chi connectivity index (χ3n) is 6.31. The number of fused-ring (bicyclic) bond motifs is 1. The summed E-state index contributed by atoms with van der Waals surface area (Å²) in [5.41, 5.74) is 7.72. The van der Waals surface area contributed by atoms with Gasteiger partial charge in [-0.3, -0.25) is 14.5 Å². The summed E-state index contributed by atoms with van der Waals surface area (Å²) in [6, 6.07) is 26.0. The van der Waals surface area contributed by atoms with Gasteiger partial charge in [0.05, 0.1) is 11.1 Å². The van der Waals surface area contributed by atoms with Crippen molar-refractivity contribution in [2.24, 2.45) is 0 Å². The van der Waals surface area contributed by atoms with Crippen LogP contribution in [0.3, 0.4) is 0 Å². The monoisotopic (exact) mass is 578 g/mol. The van der Waals surface area contributed by atoms with Gasteiger partial charge in [-0.2, -0.15) is 0 Å². The highest BCUT2D eigenvalue weighted by Gasteiger charge is 2.40. The minimum absolute atomic E-state index is 0. The lowest BCUT2D eigenvalue weighted by molar-refractivity contribution is 0.0693. The van der Waals surface area contributed by atoms with Gasteiger partial charge in [0.1, 0.15) is 17.3 Å². The Hall–Kier alpha value is -4.33. The molecule has 0 spiro atoms. The number of pyridine rings is 1. The van der Waals surface area contributed by atoms with Crippen molar-refractivity contribution in [1.29, 1.82) is 0 Å². The summed E-state index contributed by atoms with van der Waals surface area (Å²) >= 11 is 0. The number of hydrogen-bond acceptors (Lipinski definition) is 8. The summed E-state index contributed by atoms with van der Waals surface area (Å²) in [7, 11) is -2.52. The van der Waals surface area contributed by atoms with Gasteiger partial charge in [0.2, 0.25) is 0 Å². The van der Waals surface area contributed by atoms with Crippen molar-refractivity contribution in [2.75, 3.05) is 18.1 Å². The quantitative estimate of drug-likeness (QED) is 0.173. The number of carbonyl (C=O) groups is 2. The summed E-state index contributed by atoms with van der Waals surface area (Å²) in [4.78, 5) is 30.2. The molecule has 0 aliphatic carbocycles. The summed E-state index contributed by atoms with van der Waals surface area (Å²) in [6.07, 6.45) is 2.48. The molecule has 9 nitrogen and oxygen atoms in total. The zero-order valence-corrected chi connectivity index (χ0v) is 23.3. The number of halogens is 1. The zero-order valence-electron chi connectivity index (χ0n) is 21.6. The number of para-hydroxylation sites is 2.